The lowest BCUT2D eigenvalue weighted by Crippen LogP contribution is -2.29. The summed E-state index contributed by atoms with van der Waals surface area (Å²) in [6.45, 7) is 8.10. The molecule has 0 aliphatic heterocycles. The van der Waals surface area contributed by atoms with Crippen molar-refractivity contribution in [3.05, 3.63) is 96.3 Å². The molecule has 1 nitrogen and oxygen atoms in total. The van der Waals surface area contributed by atoms with E-state index in [0.29, 0.717) is 5.75 Å². The Kier molecular flexibility index (Phi) is 6.81. The highest BCUT2D eigenvalue weighted by Crippen LogP contribution is 2.34. The van der Waals surface area contributed by atoms with Crippen LogP contribution in [0.3, 0.4) is 0 Å². The van der Waals surface area contributed by atoms with Crippen LogP contribution in [0.1, 0.15) is 34.1 Å². The third kappa shape index (κ3) is 5.30. The van der Waals surface area contributed by atoms with E-state index >= 15 is 4.39 Å². The minimum absolute atomic E-state index is 0.292. The van der Waals surface area contributed by atoms with Gasteiger partial charge in [0.1, 0.15) is 5.60 Å². The van der Waals surface area contributed by atoms with Gasteiger partial charge in [-0.15, -0.1) is 0 Å². The summed E-state index contributed by atoms with van der Waals surface area (Å²) in [6.07, 6.45) is 2.82. The molecule has 3 aromatic rings. The van der Waals surface area contributed by atoms with Crippen LogP contribution >= 0.6 is 0 Å². The summed E-state index contributed by atoms with van der Waals surface area (Å²) in [5, 5.41) is 0. The van der Waals surface area contributed by atoms with Crippen molar-refractivity contribution in [2.45, 2.75) is 54.4 Å². The molecule has 0 heterocycles. The van der Waals surface area contributed by atoms with Crippen molar-refractivity contribution in [3.8, 4) is 5.75 Å². The van der Waals surface area contributed by atoms with Gasteiger partial charge < -0.3 is 4.74 Å². The predicted octanol–water partition coefficient (Wildman–Crippen LogP) is 7.43. The third-order valence-corrected chi connectivity index (χ3v) is 6.95. The van der Waals surface area contributed by atoms with Crippen LogP contribution in [0.2, 0.25) is 0 Å². The Morgan fingerprint density at radius 2 is 1.45 bits per heavy atom. The minimum atomic E-state index is -0.526. The molecule has 0 spiro atoms. The Hall–Kier alpha value is -2.52. The fourth-order valence-corrected chi connectivity index (χ4v) is 5.38. The maximum absolute atomic E-state index is 15.1. The smallest absolute Gasteiger partial charge is 0.170 e. The van der Waals surface area contributed by atoms with E-state index in [4.69, 9.17) is 4.74 Å². The zero-order valence-electron chi connectivity index (χ0n) is 17.5. The Labute approximate surface area is 176 Å². The van der Waals surface area contributed by atoms with Crippen molar-refractivity contribution in [3.63, 3.8) is 0 Å². The van der Waals surface area contributed by atoms with E-state index in [1.54, 1.807) is 12.1 Å². The molecule has 3 heteroatoms. The summed E-state index contributed by atoms with van der Waals surface area (Å²) < 4.78 is 21.2. The molecule has 29 heavy (non-hydrogen) atoms. The Balaban J connectivity index is 1.99. The van der Waals surface area contributed by atoms with Crippen molar-refractivity contribution < 1.29 is 9.13 Å². The summed E-state index contributed by atoms with van der Waals surface area (Å²) in [5.41, 5.74) is 0.628. The maximum Gasteiger partial charge on any atom is 0.170 e. The fraction of sp³-hybridized carbons (Fsp3) is 0.231. The molecule has 1 unspecified atom stereocenters. The van der Waals surface area contributed by atoms with Gasteiger partial charge in [0.05, 0.1) is 10.9 Å². The topological polar surface area (TPSA) is 9.23 Å². The van der Waals surface area contributed by atoms with Gasteiger partial charge in [-0.3, -0.25) is 0 Å². The van der Waals surface area contributed by atoms with E-state index in [-0.39, 0.29) is 16.7 Å². The molecule has 0 saturated heterocycles. The van der Waals surface area contributed by atoms with Crippen LogP contribution in [0, 0.1) is 5.82 Å². The van der Waals surface area contributed by atoms with E-state index in [2.05, 4.69) is 30.3 Å². The number of hydrogen-bond donors (Lipinski definition) is 0. The van der Waals surface area contributed by atoms with Gasteiger partial charge in [0.25, 0.3) is 0 Å². The molecular formula is C26H28FOS+. The maximum atomic E-state index is 15.1. The Bertz CT molecular complexity index is 925. The SMILES string of the molecule is CCC(C)(C=C(C)C)Oc1ccc([S+](c2ccccc2)c2ccccc2)cc1F. The molecule has 0 fully saturated rings. The lowest BCUT2D eigenvalue weighted by atomic mass is 10.0. The van der Waals surface area contributed by atoms with Gasteiger partial charge in [-0.25, -0.2) is 4.39 Å². The standard InChI is InChI=1S/C26H28FOS/c1-5-26(4,19-20(2)3)28-25-17-16-23(18-24(25)27)29(21-12-8-6-9-13-21)22-14-10-7-11-15-22/h6-19H,5H2,1-4H3/q+1. The number of ether oxygens (including phenoxy) is 1. The van der Waals surface area contributed by atoms with Gasteiger partial charge in [-0.2, -0.15) is 0 Å². The molecule has 0 aliphatic rings. The van der Waals surface area contributed by atoms with Crippen LogP contribution in [-0.4, -0.2) is 5.60 Å². The van der Waals surface area contributed by atoms with Crippen molar-refractivity contribution in [1.82, 2.24) is 0 Å². The molecule has 0 N–H and O–H groups in total. The van der Waals surface area contributed by atoms with Gasteiger partial charge in [0.15, 0.2) is 26.3 Å². The molecule has 0 aromatic heterocycles. The molecule has 3 aromatic carbocycles. The summed E-state index contributed by atoms with van der Waals surface area (Å²) in [7, 11) is -0.375. The van der Waals surface area contributed by atoms with Crippen LogP contribution in [0.4, 0.5) is 4.39 Å². The zero-order valence-corrected chi connectivity index (χ0v) is 18.3. The molecule has 0 saturated carbocycles. The first-order chi connectivity index (χ1) is 13.9. The van der Waals surface area contributed by atoms with E-state index in [1.165, 1.54) is 0 Å². The third-order valence-electron chi connectivity index (χ3n) is 4.74. The number of rotatable bonds is 7. The number of allylic oxidation sites excluding steroid dienone is 1. The quantitative estimate of drug-likeness (QED) is 0.292. The second-order valence-corrected chi connectivity index (χ2v) is 9.54. The summed E-state index contributed by atoms with van der Waals surface area (Å²) >= 11 is 0. The van der Waals surface area contributed by atoms with Gasteiger partial charge in [-0.1, -0.05) is 48.9 Å². The van der Waals surface area contributed by atoms with Crippen molar-refractivity contribution in [2.75, 3.05) is 0 Å². The highest BCUT2D eigenvalue weighted by Gasteiger charge is 2.30. The highest BCUT2D eigenvalue weighted by atomic mass is 32.2. The second kappa shape index (κ2) is 9.32. The van der Waals surface area contributed by atoms with E-state index in [1.807, 2.05) is 70.2 Å². The van der Waals surface area contributed by atoms with Crippen LogP contribution < -0.4 is 4.74 Å². The molecule has 0 aliphatic carbocycles. The average molecular weight is 408 g/mol. The fourth-order valence-electron chi connectivity index (χ4n) is 3.28. The normalized spacial score (nSPS) is 13.0. The number of benzene rings is 3. The van der Waals surface area contributed by atoms with Gasteiger partial charge >= 0.3 is 0 Å². The van der Waals surface area contributed by atoms with Gasteiger partial charge in [0, 0.05) is 6.07 Å². The first-order valence-corrected chi connectivity index (χ1v) is 11.1. The molecule has 150 valence electrons. The van der Waals surface area contributed by atoms with Gasteiger partial charge in [0.2, 0.25) is 0 Å². The van der Waals surface area contributed by atoms with Crippen LogP contribution in [0.25, 0.3) is 0 Å². The molecule has 0 amide bonds. The highest BCUT2D eigenvalue weighted by molar-refractivity contribution is 7.97. The van der Waals surface area contributed by atoms with Crippen LogP contribution in [-0.2, 0) is 10.9 Å². The summed E-state index contributed by atoms with van der Waals surface area (Å²) in [5.74, 6) is -0.0334. The first kappa shape index (κ1) is 21.2. The lowest BCUT2D eigenvalue weighted by Gasteiger charge is -2.27. The van der Waals surface area contributed by atoms with Crippen LogP contribution in [0.5, 0.6) is 5.75 Å². The second-order valence-electron chi connectivity index (χ2n) is 7.51. The monoisotopic (exact) mass is 407 g/mol. The number of halogens is 1. The minimum Gasteiger partial charge on any atom is -0.480 e. The van der Waals surface area contributed by atoms with Crippen molar-refractivity contribution >= 4 is 10.9 Å². The largest absolute Gasteiger partial charge is 0.480 e. The molecular weight excluding hydrogens is 379 g/mol. The Morgan fingerprint density at radius 1 is 0.897 bits per heavy atom. The summed E-state index contributed by atoms with van der Waals surface area (Å²) in [4.78, 5) is 3.26. The Morgan fingerprint density at radius 3 is 1.90 bits per heavy atom. The van der Waals surface area contributed by atoms with E-state index in [9.17, 15) is 0 Å². The number of hydrogen-bond acceptors (Lipinski definition) is 1. The summed E-state index contributed by atoms with van der Waals surface area (Å²) in [6, 6.07) is 25.9. The van der Waals surface area contributed by atoms with E-state index < -0.39 is 5.60 Å². The van der Waals surface area contributed by atoms with Crippen molar-refractivity contribution in [1.29, 1.82) is 0 Å². The molecule has 0 bridgehead atoms. The van der Waals surface area contributed by atoms with Crippen molar-refractivity contribution in [2.24, 2.45) is 0 Å². The van der Waals surface area contributed by atoms with E-state index in [0.717, 1.165) is 26.7 Å². The molecule has 1 atom stereocenters. The molecule has 3 rings (SSSR count). The van der Waals surface area contributed by atoms with Crippen LogP contribution in [0.15, 0.2) is 105 Å². The predicted molar refractivity (Wildman–Crippen MR) is 120 cm³/mol. The first-order valence-electron chi connectivity index (χ1n) is 9.91. The van der Waals surface area contributed by atoms with Gasteiger partial charge in [-0.05, 0) is 69.7 Å². The zero-order chi connectivity index (χ0) is 20.9. The average Bonchev–Trinajstić information content (AvgIpc) is 2.71. The molecule has 0 radical (unpaired) electrons. The lowest BCUT2D eigenvalue weighted by molar-refractivity contribution is 0.128.